The molecule has 0 unspecified atom stereocenters. The maximum Gasteiger partial charge on any atom is 0.414 e. The minimum Gasteiger partial charge on any atom is -0.443 e. The van der Waals surface area contributed by atoms with Gasteiger partial charge in [0.25, 0.3) is 0 Å². The van der Waals surface area contributed by atoms with Crippen LogP contribution in [-0.4, -0.2) is 18.2 Å². The van der Waals surface area contributed by atoms with E-state index in [2.05, 4.69) is 0 Å². The van der Waals surface area contributed by atoms with Gasteiger partial charge in [-0.15, -0.1) is 0 Å². The summed E-state index contributed by atoms with van der Waals surface area (Å²) in [7, 11) is 0. The summed E-state index contributed by atoms with van der Waals surface area (Å²) in [4.78, 5) is 13.5. The van der Waals surface area contributed by atoms with Gasteiger partial charge < -0.3 is 10.5 Å². The number of hydrogen-bond acceptors (Lipinski definition) is 3. The van der Waals surface area contributed by atoms with Crippen LogP contribution in [0.5, 0.6) is 0 Å². The van der Waals surface area contributed by atoms with E-state index in [9.17, 15) is 9.18 Å². The number of halogens is 1. The number of nitrogens with two attached hydrogens (primary N) is 1. The van der Waals surface area contributed by atoms with Crippen LogP contribution in [0.15, 0.2) is 6.07 Å². The summed E-state index contributed by atoms with van der Waals surface area (Å²) >= 11 is 0. The number of ether oxygens (including phenoxy) is 1. The molecule has 0 saturated carbocycles. The molecular weight excluding hydrogens is 247 g/mol. The van der Waals surface area contributed by atoms with Gasteiger partial charge in [0.1, 0.15) is 11.4 Å². The molecule has 0 bridgehead atoms. The molecular formula is C14H19FN2O2. The molecule has 0 fully saturated rings. The smallest absolute Gasteiger partial charge is 0.414 e. The number of carbonyl (C=O) groups is 1. The van der Waals surface area contributed by atoms with Gasteiger partial charge in [-0.2, -0.15) is 0 Å². The first-order valence-corrected chi connectivity index (χ1v) is 6.28. The number of anilines is 2. The van der Waals surface area contributed by atoms with Crippen LogP contribution in [-0.2, 0) is 11.2 Å². The number of hydrogen-bond donors (Lipinski definition) is 1. The molecule has 1 heterocycles. The molecule has 4 nitrogen and oxygen atoms in total. The highest BCUT2D eigenvalue weighted by atomic mass is 19.1. The van der Waals surface area contributed by atoms with Crippen molar-refractivity contribution in [3.8, 4) is 0 Å². The molecule has 0 aromatic heterocycles. The predicted octanol–water partition coefficient (Wildman–Crippen LogP) is 3.01. The molecule has 1 aromatic rings. The van der Waals surface area contributed by atoms with Crippen LogP contribution < -0.4 is 10.6 Å². The second-order valence-corrected chi connectivity index (χ2v) is 5.78. The average Bonchev–Trinajstić information content (AvgIpc) is 2.67. The van der Waals surface area contributed by atoms with Crippen molar-refractivity contribution in [3.63, 3.8) is 0 Å². The van der Waals surface area contributed by atoms with E-state index < -0.39 is 17.5 Å². The number of nitrogen functional groups attached to an aromatic ring is 1. The van der Waals surface area contributed by atoms with E-state index >= 15 is 0 Å². The lowest BCUT2D eigenvalue weighted by atomic mass is 10.0. The minimum atomic E-state index is -0.568. The zero-order valence-corrected chi connectivity index (χ0v) is 11.7. The first kappa shape index (κ1) is 13.6. The Labute approximate surface area is 112 Å². The number of carbonyl (C=O) groups excluding carboxylic acids is 1. The van der Waals surface area contributed by atoms with Gasteiger partial charge in [-0.05, 0) is 45.2 Å². The quantitative estimate of drug-likeness (QED) is 0.734. The minimum absolute atomic E-state index is 0.157. The maximum atomic E-state index is 13.7. The van der Waals surface area contributed by atoms with Crippen LogP contribution in [0, 0.1) is 12.7 Å². The van der Waals surface area contributed by atoms with Crippen molar-refractivity contribution in [2.45, 2.75) is 39.7 Å². The number of amides is 1. The molecule has 0 atom stereocenters. The van der Waals surface area contributed by atoms with E-state index in [1.165, 1.54) is 11.0 Å². The van der Waals surface area contributed by atoms with E-state index in [0.29, 0.717) is 24.2 Å². The summed E-state index contributed by atoms with van der Waals surface area (Å²) < 4.78 is 19.0. The molecule has 1 aliphatic rings. The Morgan fingerprint density at radius 2 is 2.11 bits per heavy atom. The normalized spacial score (nSPS) is 14.5. The van der Waals surface area contributed by atoms with Crippen molar-refractivity contribution >= 4 is 17.5 Å². The van der Waals surface area contributed by atoms with Crippen LogP contribution in [0.4, 0.5) is 20.6 Å². The van der Waals surface area contributed by atoms with E-state index in [-0.39, 0.29) is 5.69 Å². The van der Waals surface area contributed by atoms with Crippen LogP contribution in [0.25, 0.3) is 0 Å². The third-order valence-corrected chi connectivity index (χ3v) is 3.18. The number of nitrogens with zero attached hydrogens (tertiary/aromatic N) is 1. The van der Waals surface area contributed by atoms with E-state index in [1.807, 2.05) is 0 Å². The van der Waals surface area contributed by atoms with Gasteiger partial charge in [0, 0.05) is 12.6 Å². The fourth-order valence-corrected chi connectivity index (χ4v) is 2.23. The highest BCUT2D eigenvalue weighted by Gasteiger charge is 2.31. The van der Waals surface area contributed by atoms with E-state index in [4.69, 9.17) is 10.5 Å². The maximum absolute atomic E-state index is 13.7. The number of fused-ring (bicyclic) bond motifs is 1. The Bertz CT molecular complexity index is 535. The van der Waals surface area contributed by atoms with E-state index in [1.54, 1.807) is 27.7 Å². The zero-order chi connectivity index (χ0) is 14.4. The molecule has 2 N–H and O–H groups in total. The molecule has 104 valence electrons. The third-order valence-electron chi connectivity index (χ3n) is 3.18. The molecule has 2 rings (SSSR count). The molecule has 0 saturated heterocycles. The highest BCUT2D eigenvalue weighted by Crippen LogP contribution is 2.35. The Kier molecular flexibility index (Phi) is 3.16. The van der Waals surface area contributed by atoms with E-state index in [0.717, 1.165) is 5.56 Å². The lowest BCUT2D eigenvalue weighted by Crippen LogP contribution is -2.35. The van der Waals surface area contributed by atoms with Gasteiger partial charge in [0.2, 0.25) is 0 Å². The lowest BCUT2D eigenvalue weighted by molar-refractivity contribution is 0.0584. The second kappa shape index (κ2) is 4.40. The molecule has 1 aliphatic heterocycles. The molecule has 1 aromatic carbocycles. The van der Waals surface area contributed by atoms with Gasteiger partial charge in [0.15, 0.2) is 0 Å². The first-order valence-electron chi connectivity index (χ1n) is 6.28. The number of benzene rings is 1. The van der Waals surface area contributed by atoms with Gasteiger partial charge >= 0.3 is 6.09 Å². The standard InChI is InChI=1S/C14H19FN2O2/c1-8-9-5-6-17(13(18)19-14(2,3)4)11(9)7-10(15)12(8)16/h7H,5-6,16H2,1-4H3. The molecule has 0 radical (unpaired) electrons. The molecule has 1 amide bonds. The summed E-state index contributed by atoms with van der Waals surface area (Å²) in [6, 6.07) is 1.31. The van der Waals surface area contributed by atoms with Gasteiger partial charge in [0.05, 0.1) is 11.4 Å². The summed E-state index contributed by atoms with van der Waals surface area (Å²) in [5, 5.41) is 0. The van der Waals surface area contributed by atoms with Crippen molar-refractivity contribution in [1.29, 1.82) is 0 Å². The zero-order valence-electron chi connectivity index (χ0n) is 11.7. The van der Waals surface area contributed by atoms with Crippen molar-refractivity contribution in [2.75, 3.05) is 17.2 Å². The summed E-state index contributed by atoms with van der Waals surface area (Å²) in [5.74, 6) is -0.494. The largest absolute Gasteiger partial charge is 0.443 e. The van der Waals surface area contributed by atoms with Crippen molar-refractivity contribution in [2.24, 2.45) is 0 Å². The molecule has 5 heteroatoms. The topological polar surface area (TPSA) is 55.6 Å². The van der Waals surface area contributed by atoms with Gasteiger partial charge in [-0.1, -0.05) is 0 Å². The fraction of sp³-hybridized carbons (Fsp3) is 0.500. The average molecular weight is 266 g/mol. The van der Waals surface area contributed by atoms with Crippen molar-refractivity contribution in [3.05, 3.63) is 23.0 Å². The Hall–Kier alpha value is -1.78. The Morgan fingerprint density at radius 3 is 2.68 bits per heavy atom. The fourth-order valence-electron chi connectivity index (χ4n) is 2.23. The second-order valence-electron chi connectivity index (χ2n) is 5.78. The molecule has 0 aliphatic carbocycles. The first-order chi connectivity index (χ1) is 8.70. The van der Waals surface area contributed by atoms with Crippen LogP contribution >= 0.6 is 0 Å². The Balaban J connectivity index is 2.35. The van der Waals surface area contributed by atoms with Crippen molar-refractivity contribution < 1.29 is 13.9 Å². The third kappa shape index (κ3) is 2.50. The van der Waals surface area contributed by atoms with Gasteiger partial charge in [-0.3, -0.25) is 4.90 Å². The Morgan fingerprint density at radius 1 is 1.47 bits per heavy atom. The predicted molar refractivity (Wildman–Crippen MR) is 72.8 cm³/mol. The SMILES string of the molecule is Cc1c(N)c(F)cc2c1CCN2C(=O)OC(C)(C)C. The van der Waals surface area contributed by atoms with Crippen LogP contribution in [0.2, 0.25) is 0 Å². The van der Waals surface area contributed by atoms with Gasteiger partial charge in [-0.25, -0.2) is 9.18 Å². The van der Waals surface area contributed by atoms with Crippen molar-refractivity contribution in [1.82, 2.24) is 0 Å². The summed E-state index contributed by atoms with van der Waals surface area (Å²) in [5.41, 5.74) is 7.46. The highest BCUT2D eigenvalue weighted by molar-refractivity contribution is 5.91. The summed E-state index contributed by atoms with van der Waals surface area (Å²) in [6.07, 6.45) is 0.222. The summed E-state index contributed by atoms with van der Waals surface area (Å²) in [6.45, 7) is 7.67. The van der Waals surface area contributed by atoms with Crippen LogP contribution in [0.3, 0.4) is 0 Å². The molecule has 19 heavy (non-hydrogen) atoms. The monoisotopic (exact) mass is 266 g/mol. The lowest BCUT2D eigenvalue weighted by Gasteiger charge is -2.25. The molecule has 0 spiro atoms. The number of rotatable bonds is 0. The van der Waals surface area contributed by atoms with Crippen LogP contribution in [0.1, 0.15) is 31.9 Å².